The average molecular weight is 312 g/mol. The van der Waals surface area contributed by atoms with E-state index in [4.69, 9.17) is 21.1 Å². The molecule has 1 aliphatic rings. The van der Waals surface area contributed by atoms with Gasteiger partial charge in [-0.25, -0.2) is 0 Å². The van der Waals surface area contributed by atoms with Crippen LogP contribution in [0.1, 0.15) is 28.5 Å². The summed E-state index contributed by atoms with van der Waals surface area (Å²) in [6.07, 6.45) is 3.69. The van der Waals surface area contributed by atoms with Crippen molar-refractivity contribution < 1.29 is 9.47 Å². The van der Waals surface area contributed by atoms with Gasteiger partial charge in [0, 0.05) is 33.9 Å². The quantitative estimate of drug-likeness (QED) is 0.654. The van der Waals surface area contributed by atoms with E-state index in [1.807, 2.05) is 0 Å². The highest BCUT2D eigenvalue weighted by atomic mass is 35.5. The van der Waals surface area contributed by atoms with E-state index >= 15 is 0 Å². The van der Waals surface area contributed by atoms with Gasteiger partial charge in [-0.15, -0.1) is 11.6 Å². The molecule has 0 saturated carbocycles. The van der Waals surface area contributed by atoms with Crippen molar-refractivity contribution in [3.8, 4) is 0 Å². The number of hydrogen-bond acceptors (Lipinski definition) is 3. The number of aryl methyl sites for hydroxylation is 2. The van der Waals surface area contributed by atoms with Gasteiger partial charge in [-0.05, 0) is 36.0 Å². The summed E-state index contributed by atoms with van der Waals surface area (Å²) < 4.78 is 10.3. The van der Waals surface area contributed by atoms with Gasteiger partial charge in [0.2, 0.25) is 0 Å². The summed E-state index contributed by atoms with van der Waals surface area (Å²) in [6.45, 7) is 4.03. The Kier molecular flexibility index (Phi) is 6.97. The molecule has 0 heterocycles. The number of methoxy groups -OCH3 is 2. The van der Waals surface area contributed by atoms with E-state index in [9.17, 15) is 0 Å². The molecular weight excluding hydrogens is 286 g/mol. The fourth-order valence-corrected chi connectivity index (χ4v) is 3.18. The maximum atomic E-state index is 6.64. The maximum Gasteiger partial charge on any atom is 0.0712 e. The van der Waals surface area contributed by atoms with Gasteiger partial charge in [-0.3, -0.25) is 4.90 Å². The van der Waals surface area contributed by atoms with E-state index in [1.54, 1.807) is 14.2 Å². The predicted molar refractivity (Wildman–Crippen MR) is 87.3 cm³/mol. The molecule has 0 aromatic heterocycles. The van der Waals surface area contributed by atoms with Crippen molar-refractivity contribution in [2.45, 2.75) is 24.6 Å². The van der Waals surface area contributed by atoms with E-state index in [-0.39, 0.29) is 5.38 Å². The van der Waals surface area contributed by atoms with Crippen LogP contribution in [0.25, 0.3) is 0 Å². The summed E-state index contributed by atoms with van der Waals surface area (Å²) in [5.41, 5.74) is 4.22. The number of benzene rings is 1. The fraction of sp³-hybridized carbons (Fsp3) is 0.647. The monoisotopic (exact) mass is 311 g/mol. The minimum atomic E-state index is 0.0182. The second-order valence-electron chi connectivity index (χ2n) is 5.64. The Hall–Kier alpha value is -0.610. The van der Waals surface area contributed by atoms with Gasteiger partial charge in [-0.1, -0.05) is 18.2 Å². The summed E-state index contributed by atoms with van der Waals surface area (Å²) in [7, 11) is 3.46. The van der Waals surface area contributed by atoms with Crippen LogP contribution in [0, 0.1) is 0 Å². The number of rotatable bonds is 9. The molecule has 0 N–H and O–H groups in total. The van der Waals surface area contributed by atoms with Crippen molar-refractivity contribution in [3.63, 3.8) is 0 Å². The van der Waals surface area contributed by atoms with E-state index in [0.717, 1.165) is 32.8 Å². The van der Waals surface area contributed by atoms with Crippen LogP contribution in [0.15, 0.2) is 18.2 Å². The molecule has 1 aliphatic carbocycles. The Bertz CT molecular complexity index is 431. The number of ether oxygens (including phenoxy) is 2. The molecule has 118 valence electrons. The molecule has 1 unspecified atom stereocenters. The lowest BCUT2D eigenvalue weighted by molar-refractivity contribution is 0.114. The van der Waals surface area contributed by atoms with Crippen molar-refractivity contribution >= 4 is 11.6 Å². The largest absolute Gasteiger partial charge is 0.383 e. The Morgan fingerprint density at radius 3 is 2.43 bits per heavy atom. The van der Waals surface area contributed by atoms with E-state index in [0.29, 0.717) is 0 Å². The summed E-state index contributed by atoms with van der Waals surface area (Å²) in [6, 6.07) is 6.74. The van der Waals surface area contributed by atoms with Crippen LogP contribution in [0.4, 0.5) is 0 Å². The van der Waals surface area contributed by atoms with Crippen molar-refractivity contribution in [2.75, 3.05) is 47.1 Å². The molecule has 0 saturated heterocycles. The molecule has 4 heteroatoms. The smallest absolute Gasteiger partial charge is 0.0712 e. The third kappa shape index (κ3) is 4.96. The summed E-state index contributed by atoms with van der Waals surface area (Å²) in [5, 5.41) is 0.0182. The van der Waals surface area contributed by atoms with E-state index in [2.05, 4.69) is 23.1 Å². The van der Waals surface area contributed by atoms with E-state index in [1.165, 1.54) is 36.0 Å². The van der Waals surface area contributed by atoms with Gasteiger partial charge in [0.1, 0.15) is 0 Å². The van der Waals surface area contributed by atoms with Crippen molar-refractivity contribution in [1.29, 1.82) is 0 Å². The predicted octanol–water partition coefficient (Wildman–Crippen LogP) is 3.05. The van der Waals surface area contributed by atoms with Crippen LogP contribution < -0.4 is 0 Å². The van der Waals surface area contributed by atoms with Gasteiger partial charge in [0.15, 0.2) is 0 Å². The second kappa shape index (κ2) is 8.74. The first-order valence-corrected chi connectivity index (χ1v) is 8.14. The van der Waals surface area contributed by atoms with Crippen LogP contribution in [0.2, 0.25) is 0 Å². The first-order chi connectivity index (χ1) is 10.2. The molecule has 0 bridgehead atoms. The lowest BCUT2D eigenvalue weighted by atomic mass is 10.0. The standard InChI is InChI=1S/C17H26ClNO2/c1-20-10-8-19(9-11-21-2)13-17(18)16-7-6-14-4-3-5-15(14)12-16/h6-7,12,17H,3-5,8-11,13H2,1-2H3. The van der Waals surface area contributed by atoms with E-state index < -0.39 is 0 Å². The number of halogens is 1. The topological polar surface area (TPSA) is 21.7 Å². The van der Waals surface area contributed by atoms with Crippen LogP contribution >= 0.6 is 11.6 Å². The third-order valence-corrected chi connectivity index (χ3v) is 4.52. The van der Waals surface area contributed by atoms with Gasteiger partial charge in [0.05, 0.1) is 18.6 Å². The molecular formula is C17H26ClNO2. The SMILES string of the molecule is COCCN(CCOC)CC(Cl)c1ccc2c(c1)CCC2. The van der Waals surface area contributed by atoms with Gasteiger partial charge in [-0.2, -0.15) is 0 Å². The van der Waals surface area contributed by atoms with Crippen LogP contribution in [0.5, 0.6) is 0 Å². The van der Waals surface area contributed by atoms with Crippen molar-refractivity contribution in [2.24, 2.45) is 0 Å². The molecule has 2 rings (SSSR count). The van der Waals surface area contributed by atoms with Crippen LogP contribution in [-0.4, -0.2) is 52.0 Å². The highest BCUT2D eigenvalue weighted by Gasteiger charge is 2.17. The zero-order valence-electron chi connectivity index (χ0n) is 13.1. The summed E-state index contributed by atoms with van der Waals surface area (Å²) in [4.78, 5) is 2.30. The van der Waals surface area contributed by atoms with Crippen LogP contribution in [-0.2, 0) is 22.3 Å². The van der Waals surface area contributed by atoms with Crippen LogP contribution in [0.3, 0.4) is 0 Å². The molecule has 21 heavy (non-hydrogen) atoms. The molecule has 0 radical (unpaired) electrons. The van der Waals surface area contributed by atoms with Crippen molar-refractivity contribution in [3.05, 3.63) is 34.9 Å². The first-order valence-electron chi connectivity index (χ1n) is 7.70. The number of alkyl halides is 1. The maximum absolute atomic E-state index is 6.64. The zero-order chi connectivity index (χ0) is 15.1. The molecule has 3 nitrogen and oxygen atoms in total. The average Bonchev–Trinajstić information content (AvgIpc) is 2.97. The highest BCUT2D eigenvalue weighted by Crippen LogP contribution is 2.28. The Labute approximate surface area is 133 Å². The molecule has 1 atom stereocenters. The minimum absolute atomic E-state index is 0.0182. The molecule has 1 aromatic carbocycles. The Morgan fingerprint density at radius 1 is 1.10 bits per heavy atom. The molecule has 0 amide bonds. The Balaban J connectivity index is 1.95. The lowest BCUT2D eigenvalue weighted by Crippen LogP contribution is -2.33. The van der Waals surface area contributed by atoms with Gasteiger partial charge >= 0.3 is 0 Å². The highest BCUT2D eigenvalue weighted by molar-refractivity contribution is 6.21. The lowest BCUT2D eigenvalue weighted by Gasteiger charge is -2.24. The molecule has 0 spiro atoms. The Morgan fingerprint density at radius 2 is 1.76 bits per heavy atom. The third-order valence-electron chi connectivity index (χ3n) is 4.13. The number of hydrogen-bond donors (Lipinski definition) is 0. The molecule has 1 aromatic rings. The summed E-state index contributed by atoms with van der Waals surface area (Å²) in [5.74, 6) is 0. The zero-order valence-corrected chi connectivity index (χ0v) is 13.9. The molecule has 0 fully saturated rings. The summed E-state index contributed by atoms with van der Waals surface area (Å²) >= 11 is 6.64. The molecule has 0 aliphatic heterocycles. The minimum Gasteiger partial charge on any atom is -0.383 e. The normalized spacial score (nSPS) is 15.4. The van der Waals surface area contributed by atoms with Gasteiger partial charge in [0.25, 0.3) is 0 Å². The van der Waals surface area contributed by atoms with Crippen molar-refractivity contribution in [1.82, 2.24) is 4.90 Å². The number of fused-ring (bicyclic) bond motifs is 1. The fourth-order valence-electron chi connectivity index (χ4n) is 2.85. The second-order valence-corrected chi connectivity index (χ2v) is 6.16. The first kappa shape index (κ1) is 16.8. The van der Waals surface area contributed by atoms with Gasteiger partial charge < -0.3 is 9.47 Å². The number of nitrogens with zero attached hydrogens (tertiary/aromatic N) is 1.